The number of aryl methyl sites for hydroxylation is 1. The molecule has 0 saturated heterocycles. The van der Waals surface area contributed by atoms with Gasteiger partial charge in [-0.3, -0.25) is 9.59 Å². The van der Waals surface area contributed by atoms with Crippen molar-refractivity contribution in [1.82, 2.24) is 4.98 Å². The number of hydrogen-bond donors (Lipinski definition) is 2. The van der Waals surface area contributed by atoms with E-state index >= 15 is 0 Å². The van der Waals surface area contributed by atoms with Gasteiger partial charge in [0.25, 0.3) is 5.91 Å². The van der Waals surface area contributed by atoms with Gasteiger partial charge in [0, 0.05) is 22.0 Å². The second-order valence-corrected chi connectivity index (χ2v) is 6.05. The molecule has 0 saturated carbocycles. The number of carbonyl (C=O) groups is 1. The minimum atomic E-state index is -0.250. The number of rotatable bonds is 2. The Labute approximate surface area is 144 Å². The van der Waals surface area contributed by atoms with Crippen LogP contribution in [0.4, 0.5) is 5.69 Å². The summed E-state index contributed by atoms with van der Waals surface area (Å²) in [5, 5.41) is 4.01. The van der Waals surface area contributed by atoms with Crippen LogP contribution >= 0.6 is 0 Å². The Hall–Kier alpha value is -3.40. The molecule has 0 atom stereocenters. The van der Waals surface area contributed by atoms with Gasteiger partial charge in [-0.15, -0.1) is 0 Å². The summed E-state index contributed by atoms with van der Waals surface area (Å²) in [7, 11) is 0. The van der Waals surface area contributed by atoms with Crippen molar-refractivity contribution in [2.24, 2.45) is 0 Å². The Bertz CT molecular complexity index is 1160. The number of aromatic amines is 1. The van der Waals surface area contributed by atoms with Crippen LogP contribution in [0, 0.1) is 6.92 Å². The number of H-pyrrole nitrogens is 1. The van der Waals surface area contributed by atoms with E-state index in [1.54, 1.807) is 24.3 Å². The van der Waals surface area contributed by atoms with Crippen LogP contribution in [0.25, 0.3) is 21.8 Å². The number of benzene rings is 3. The lowest BCUT2D eigenvalue weighted by Gasteiger charge is -2.09. The largest absolute Gasteiger partial charge is 0.354 e. The van der Waals surface area contributed by atoms with E-state index in [1.165, 1.54) is 0 Å². The summed E-state index contributed by atoms with van der Waals surface area (Å²) in [6.07, 6.45) is 0. The quantitative estimate of drug-likeness (QED) is 0.541. The zero-order chi connectivity index (χ0) is 17.4. The van der Waals surface area contributed by atoms with Gasteiger partial charge in [-0.25, -0.2) is 0 Å². The Morgan fingerprint density at radius 2 is 1.60 bits per heavy atom. The smallest absolute Gasteiger partial charge is 0.257 e. The molecule has 0 aliphatic carbocycles. The molecule has 0 unspecified atom stereocenters. The third-order valence-corrected chi connectivity index (χ3v) is 4.29. The highest BCUT2D eigenvalue weighted by Crippen LogP contribution is 2.19. The van der Waals surface area contributed by atoms with E-state index in [0.29, 0.717) is 21.9 Å². The highest BCUT2D eigenvalue weighted by Gasteiger charge is 2.14. The van der Waals surface area contributed by atoms with Crippen molar-refractivity contribution in [3.63, 3.8) is 0 Å². The number of nitrogens with one attached hydrogen (secondary N) is 2. The monoisotopic (exact) mass is 328 g/mol. The normalized spacial score (nSPS) is 10.9. The first-order valence-corrected chi connectivity index (χ1v) is 8.05. The molecule has 4 rings (SSSR count). The summed E-state index contributed by atoms with van der Waals surface area (Å²) in [4.78, 5) is 28.7. The van der Waals surface area contributed by atoms with Crippen molar-refractivity contribution in [2.75, 3.05) is 5.32 Å². The van der Waals surface area contributed by atoms with Crippen LogP contribution in [0.15, 0.2) is 71.5 Å². The van der Waals surface area contributed by atoms with Gasteiger partial charge < -0.3 is 10.3 Å². The summed E-state index contributed by atoms with van der Waals surface area (Å²) in [5.74, 6) is -0.250. The molecule has 2 N–H and O–H groups in total. The second-order valence-electron chi connectivity index (χ2n) is 6.05. The molecule has 0 bridgehead atoms. The van der Waals surface area contributed by atoms with Crippen LogP contribution in [-0.4, -0.2) is 10.9 Å². The summed E-state index contributed by atoms with van der Waals surface area (Å²) in [5.41, 5.74) is 3.48. The first-order valence-electron chi connectivity index (χ1n) is 8.05. The molecule has 0 aliphatic heterocycles. The number of pyridine rings is 1. The Kier molecular flexibility index (Phi) is 3.58. The van der Waals surface area contributed by atoms with Crippen LogP contribution in [0.2, 0.25) is 0 Å². The zero-order valence-electron chi connectivity index (χ0n) is 13.7. The van der Waals surface area contributed by atoms with E-state index in [1.807, 2.05) is 49.4 Å². The van der Waals surface area contributed by atoms with Crippen LogP contribution in [0.5, 0.6) is 0 Å². The maximum atomic E-state index is 12.7. The van der Waals surface area contributed by atoms with Gasteiger partial charge >= 0.3 is 0 Å². The van der Waals surface area contributed by atoms with Crippen LogP contribution < -0.4 is 10.7 Å². The van der Waals surface area contributed by atoms with E-state index < -0.39 is 0 Å². The van der Waals surface area contributed by atoms with E-state index in [4.69, 9.17) is 0 Å². The predicted molar refractivity (Wildman–Crippen MR) is 101 cm³/mol. The lowest BCUT2D eigenvalue weighted by molar-refractivity contribution is 0.102. The van der Waals surface area contributed by atoms with E-state index in [9.17, 15) is 9.59 Å². The molecule has 4 nitrogen and oxygen atoms in total. The Morgan fingerprint density at radius 1 is 0.880 bits per heavy atom. The molecular weight excluding hydrogens is 312 g/mol. The molecule has 0 radical (unpaired) electrons. The average Bonchev–Trinajstić information content (AvgIpc) is 2.63. The lowest BCUT2D eigenvalue weighted by atomic mass is 10.1. The van der Waals surface area contributed by atoms with Gasteiger partial charge in [-0.1, -0.05) is 35.9 Å². The molecule has 3 aromatic carbocycles. The molecule has 1 amide bonds. The first-order chi connectivity index (χ1) is 12.1. The molecule has 0 fully saturated rings. The predicted octanol–water partition coefficient (Wildman–Crippen LogP) is 4.24. The van der Waals surface area contributed by atoms with Crippen LogP contribution in [0.1, 0.15) is 15.9 Å². The van der Waals surface area contributed by atoms with Crippen LogP contribution in [-0.2, 0) is 0 Å². The molecule has 4 heteroatoms. The standard InChI is InChI=1S/C21H16N2O2/c1-13-9-11-14(12-10-13)22-21(25)17-7-4-6-16-19(17)23-18-8-3-2-5-15(18)20(16)24/h2-12H,1H3,(H,22,25)(H,23,24). The van der Waals surface area contributed by atoms with E-state index in [2.05, 4.69) is 10.3 Å². The van der Waals surface area contributed by atoms with Gasteiger partial charge in [0.2, 0.25) is 0 Å². The fourth-order valence-electron chi connectivity index (χ4n) is 2.97. The Morgan fingerprint density at radius 3 is 2.40 bits per heavy atom. The molecule has 25 heavy (non-hydrogen) atoms. The van der Waals surface area contributed by atoms with Crippen molar-refractivity contribution >= 4 is 33.4 Å². The average molecular weight is 328 g/mol. The van der Waals surface area contributed by atoms with Crippen molar-refractivity contribution in [2.45, 2.75) is 6.92 Å². The van der Waals surface area contributed by atoms with Crippen LogP contribution in [0.3, 0.4) is 0 Å². The maximum Gasteiger partial charge on any atom is 0.257 e. The van der Waals surface area contributed by atoms with Gasteiger partial charge in [-0.2, -0.15) is 0 Å². The number of para-hydroxylation sites is 2. The van der Waals surface area contributed by atoms with Crippen molar-refractivity contribution in [1.29, 1.82) is 0 Å². The summed E-state index contributed by atoms with van der Waals surface area (Å²) in [6, 6.07) is 20.1. The molecule has 0 aliphatic rings. The number of anilines is 1. The lowest BCUT2D eigenvalue weighted by Crippen LogP contribution is -2.14. The van der Waals surface area contributed by atoms with E-state index in [-0.39, 0.29) is 11.3 Å². The summed E-state index contributed by atoms with van der Waals surface area (Å²) in [6.45, 7) is 1.99. The first kappa shape index (κ1) is 15.1. The molecule has 122 valence electrons. The molecule has 4 aromatic rings. The number of aromatic nitrogens is 1. The zero-order valence-corrected chi connectivity index (χ0v) is 13.7. The second kappa shape index (κ2) is 5.91. The van der Waals surface area contributed by atoms with E-state index in [0.717, 1.165) is 16.8 Å². The number of fused-ring (bicyclic) bond motifs is 2. The topological polar surface area (TPSA) is 62.0 Å². The summed E-state index contributed by atoms with van der Waals surface area (Å²) < 4.78 is 0. The minimum Gasteiger partial charge on any atom is -0.354 e. The number of carbonyl (C=O) groups excluding carboxylic acids is 1. The third-order valence-electron chi connectivity index (χ3n) is 4.29. The Balaban J connectivity index is 1.85. The van der Waals surface area contributed by atoms with Crippen molar-refractivity contribution in [3.05, 3.63) is 88.1 Å². The van der Waals surface area contributed by atoms with Gasteiger partial charge in [0.1, 0.15) is 0 Å². The molecule has 1 aromatic heterocycles. The van der Waals surface area contributed by atoms with Gasteiger partial charge in [-0.05, 0) is 43.3 Å². The fourth-order valence-corrected chi connectivity index (χ4v) is 2.97. The molecular formula is C21H16N2O2. The third kappa shape index (κ3) is 2.68. The fraction of sp³-hybridized carbons (Fsp3) is 0.0476. The summed E-state index contributed by atoms with van der Waals surface area (Å²) >= 11 is 0. The molecule has 1 heterocycles. The van der Waals surface area contributed by atoms with Crippen molar-refractivity contribution in [3.8, 4) is 0 Å². The van der Waals surface area contributed by atoms with Gasteiger partial charge in [0.05, 0.1) is 11.1 Å². The maximum absolute atomic E-state index is 12.7. The molecule has 0 spiro atoms. The van der Waals surface area contributed by atoms with Gasteiger partial charge in [0.15, 0.2) is 5.43 Å². The number of hydrogen-bond acceptors (Lipinski definition) is 2. The highest BCUT2D eigenvalue weighted by molar-refractivity contribution is 6.13. The minimum absolute atomic E-state index is 0.0747. The SMILES string of the molecule is Cc1ccc(NC(=O)c2cccc3c(=O)c4ccccc4[nH]c23)cc1. The number of amides is 1. The highest BCUT2D eigenvalue weighted by atomic mass is 16.1. The van der Waals surface area contributed by atoms with Crippen molar-refractivity contribution < 1.29 is 4.79 Å².